The first-order valence-electron chi connectivity index (χ1n) is 5.78. The number of nitrogens with one attached hydrogen (secondary N) is 1. The lowest BCUT2D eigenvalue weighted by atomic mass is 9.99. The smallest absolute Gasteiger partial charge is 0.0281 e. The highest BCUT2D eigenvalue weighted by Crippen LogP contribution is 2.19. The highest BCUT2D eigenvalue weighted by Gasteiger charge is 2.29. The summed E-state index contributed by atoms with van der Waals surface area (Å²) in [4.78, 5) is 2.49. The standard InChI is InChI=1S/C12H24N2/c1-4-9-14(10-5-2)11-12(3)7-6-8-13-12/h4,13H,1,5-11H2,2-3H3. The Bertz CT molecular complexity index is 171. The molecule has 0 aromatic carbocycles. The monoisotopic (exact) mass is 196 g/mol. The van der Waals surface area contributed by atoms with Crippen LogP contribution in [0.4, 0.5) is 0 Å². The average molecular weight is 196 g/mol. The van der Waals surface area contributed by atoms with Crippen LogP contribution in [0.5, 0.6) is 0 Å². The lowest BCUT2D eigenvalue weighted by molar-refractivity contribution is 0.221. The van der Waals surface area contributed by atoms with E-state index in [2.05, 4.69) is 30.6 Å². The van der Waals surface area contributed by atoms with Crippen LogP contribution in [0.15, 0.2) is 12.7 Å². The summed E-state index contributed by atoms with van der Waals surface area (Å²) < 4.78 is 0. The van der Waals surface area contributed by atoms with Crippen molar-refractivity contribution in [2.75, 3.05) is 26.2 Å². The summed E-state index contributed by atoms with van der Waals surface area (Å²) in [5.74, 6) is 0. The van der Waals surface area contributed by atoms with Gasteiger partial charge in [0.05, 0.1) is 0 Å². The van der Waals surface area contributed by atoms with E-state index in [4.69, 9.17) is 0 Å². The van der Waals surface area contributed by atoms with Crippen molar-refractivity contribution < 1.29 is 0 Å². The predicted octanol–water partition coefficient (Wildman–Crippen LogP) is 2.03. The fourth-order valence-electron chi connectivity index (χ4n) is 2.32. The van der Waals surface area contributed by atoms with Gasteiger partial charge in [-0.2, -0.15) is 0 Å². The number of rotatable bonds is 6. The molecule has 0 aliphatic carbocycles. The molecule has 0 amide bonds. The van der Waals surface area contributed by atoms with Crippen molar-refractivity contribution in [2.45, 2.75) is 38.6 Å². The molecule has 1 rings (SSSR count). The first kappa shape index (κ1) is 11.7. The summed E-state index contributed by atoms with van der Waals surface area (Å²) in [6.45, 7) is 12.9. The van der Waals surface area contributed by atoms with E-state index in [-0.39, 0.29) is 0 Å². The number of nitrogens with zero attached hydrogens (tertiary/aromatic N) is 1. The Balaban J connectivity index is 2.40. The van der Waals surface area contributed by atoms with Gasteiger partial charge in [0, 0.05) is 18.6 Å². The van der Waals surface area contributed by atoms with E-state index in [0.29, 0.717) is 5.54 Å². The van der Waals surface area contributed by atoms with Crippen LogP contribution in [0.3, 0.4) is 0 Å². The van der Waals surface area contributed by atoms with Gasteiger partial charge >= 0.3 is 0 Å². The fraction of sp³-hybridized carbons (Fsp3) is 0.833. The Kier molecular flexibility index (Phi) is 4.63. The Morgan fingerprint density at radius 1 is 1.57 bits per heavy atom. The van der Waals surface area contributed by atoms with Gasteiger partial charge in [0.25, 0.3) is 0 Å². The molecule has 0 spiro atoms. The summed E-state index contributed by atoms with van der Waals surface area (Å²) in [6, 6.07) is 0. The summed E-state index contributed by atoms with van der Waals surface area (Å²) >= 11 is 0. The van der Waals surface area contributed by atoms with Gasteiger partial charge in [-0.15, -0.1) is 6.58 Å². The lowest BCUT2D eigenvalue weighted by Crippen LogP contribution is -2.47. The van der Waals surface area contributed by atoms with Crippen LogP contribution in [-0.2, 0) is 0 Å². The molecule has 1 heterocycles. The molecule has 1 saturated heterocycles. The normalized spacial score (nSPS) is 27.1. The molecule has 1 atom stereocenters. The first-order valence-corrected chi connectivity index (χ1v) is 5.78. The van der Waals surface area contributed by atoms with E-state index in [9.17, 15) is 0 Å². The highest BCUT2D eigenvalue weighted by atomic mass is 15.2. The number of hydrogen-bond acceptors (Lipinski definition) is 2. The summed E-state index contributed by atoms with van der Waals surface area (Å²) in [6.07, 6.45) is 5.87. The Hall–Kier alpha value is -0.340. The fourth-order valence-corrected chi connectivity index (χ4v) is 2.32. The van der Waals surface area contributed by atoms with Crippen LogP contribution in [0, 0.1) is 0 Å². The molecule has 2 heteroatoms. The van der Waals surface area contributed by atoms with Crippen LogP contribution in [0.2, 0.25) is 0 Å². The molecule has 1 aliphatic rings. The minimum absolute atomic E-state index is 0.345. The molecule has 1 fully saturated rings. The molecular formula is C12H24N2. The van der Waals surface area contributed by atoms with Gasteiger partial charge in [-0.25, -0.2) is 0 Å². The first-order chi connectivity index (χ1) is 6.70. The largest absolute Gasteiger partial charge is 0.310 e. The van der Waals surface area contributed by atoms with Crippen molar-refractivity contribution in [3.63, 3.8) is 0 Å². The van der Waals surface area contributed by atoms with E-state index >= 15 is 0 Å². The van der Waals surface area contributed by atoms with Crippen molar-refractivity contribution >= 4 is 0 Å². The van der Waals surface area contributed by atoms with Gasteiger partial charge in [-0.3, -0.25) is 4.90 Å². The van der Waals surface area contributed by atoms with Gasteiger partial charge in [0.15, 0.2) is 0 Å². The quantitative estimate of drug-likeness (QED) is 0.654. The summed E-state index contributed by atoms with van der Waals surface area (Å²) in [5, 5.41) is 3.60. The van der Waals surface area contributed by atoms with Crippen LogP contribution in [-0.4, -0.2) is 36.6 Å². The van der Waals surface area contributed by atoms with E-state index in [1.54, 1.807) is 0 Å². The zero-order valence-corrected chi connectivity index (χ0v) is 9.68. The van der Waals surface area contributed by atoms with Crippen LogP contribution < -0.4 is 5.32 Å². The van der Waals surface area contributed by atoms with Crippen LogP contribution in [0.25, 0.3) is 0 Å². The van der Waals surface area contributed by atoms with E-state index in [0.717, 1.165) is 13.1 Å². The summed E-state index contributed by atoms with van der Waals surface area (Å²) in [5.41, 5.74) is 0.345. The van der Waals surface area contributed by atoms with Gasteiger partial charge < -0.3 is 5.32 Å². The Morgan fingerprint density at radius 3 is 2.86 bits per heavy atom. The molecule has 1 aliphatic heterocycles. The molecule has 82 valence electrons. The van der Waals surface area contributed by atoms with Crippen LogP contribution >= 0.6 is 0 Å². The average Bonchev–Trinajstić information content (AvgIpc) is 2.53. The number of hydrogen-bond donors (Lipinski definition) is 1. The molecule has 0 bridgehead atoms. The van der Waals surface area contributed by atoms with Crippen molar-refractivity contribution in [1.82, 2.24) is 10.2 Å². The Morgan fingerprint density at radius 2 is 2.36 bits per heavy atom. The molecular weight excluding hydrogens is 172 g/mol. The minimum atomic E-state index is 0.345. The third-order valence-corrected chi connectivity index (χ3v) is 2.96. The molecule has 2 nitrogen and oxygen atoms in total. The van der Waals surface area contributed by atoms with Crippen molar-refractivity contribution in [3.05, 3.63) is 12.7 Å². The van der Waals surface area contributed by atoms with Crippen molar-refractivity contribution in [3.8, 4) is 0 Å². The highest BCUT2D eigenvalue weighted by molar-refractivity contribution is 4.92. The predicted molar refractivity (Wildman–Crippen MR) is 62.6 cm³/mol. The van der Waals surface area contributed by atoms with E-state index in [1.807, 2.05) is 6.08 Å². The SMILES string of the molecule is C=CCN(CCC)CC1(C)CCCN1. The molecule has 0 aromatic rings. The van der Waals surface area contributed by atoms with E-state index in [1.165, 1.54) is 32.4 Å². The third-order valence-electron chi connectivity index (χ3n) is 2.96. The van der Waals surface area contributed by atoms with Gasteiger partial charge in [0.1, 0.15) is 0 Å². The topological polar surface area (TPSA) is 15.3 Å². The minimum Gasteiger partial charge on any atom is -0.310 e. The van der Waals surface area contributed by atoms with Gasteiger partial charge in [0.2, 0.25) is 0 Å². The molecule has 1 unspecified atom stereocenters. The second kappa shape index (κ2) is 5.52. The van der Waals surface area contributed by atoms with Crippen molar-refractivity contribution in [2.24, 2.45) is 0 Å². The lowest BCUT2D eigenvalue weighted by Gasteiger charge is -2.32. The van der Waals surface area contributed by atoms with Crippen LogP contribution in [0.1, 0.15) is 33.1 Å². The van der Waals surface area contributed by atoms with E-state index < -0.39 is 0 Å². The molecule has 0 aromatic heterocycles. The zero-order chi connectivity index (χ0) is 10.4. The second-order valence-electron chi connectivity index (χ2n) is 4.61. The molecule has 14 heavy (non-hydrogen) atoms. The molecule has 0 radical (unpaired) electrons. The van der Waals surface area contributed by atoms with Gasteiger partial charge in [-0.1, -0.05) is 13.0 Å². The Labute approximate surface area is 88.4 Å². The van der Waals surface area contributed by atoms with Crippen molar-refractivity contribution in [1.29, 1.82) is 0 Å². The maximum Gasteiger partial charge on any atom is 0.0281 e. The second-order valence-corrected chi connectivity index (χ2v) is 4.61. The molecule has 0 saturated carbocycles. The zero-order valence-electron chi connectivity index (χ0n) is 9.68. The molecule has 1 N–H and O–H groups in total. The summed E-state index contributed by atoms with van der Waals surface area (Å²) in [7, 11) is 0. The van der Waals surface area contributed by atoms with Gasteiger partial charge in [-0.05, 0) is 39.3 Å². The maximum absolute atomic E-state index is 3.82. The third kappa shape index (κ3) is 3.43. The maximum atomic E-state index is 3.82.